The van der Waals surface area contributed by atoms with Crippen LogP contribution in [0.3, 0.4) is 0 Å². The summed E-state index contributed by atoms with van der Waals surface area (Å²) in [6, 6.07) is 12.9. The highest BCUT2D eigenvalue weighted by Crippen LogP contribution is 2.38. The topological polar surface area (TPSA) is 63.4 Å². The fourth-order valence-electron chi connectivity index (χ4n) is 3.05. The summed E-state index contributed by atoms with van der Waals surface area (Å²) in [7, 11) is 0. The van der Waals surface area contributed by atoms with Gasteiger partial charge < -0.3 is 5.11 Å². The molecule has 2 aromatic rings. The highest BCUT2D eigenvalue weighted by Gasteiger charge is 2.22. The lowest BCUT2D eigenvalue weighted by molar-refractivity contribution is -0.385. The number of benzene rings is 2. The summed E-state index contributed by atoms with van der Waals surface area (Å²) in [6.45, 7) is 1.79. The van der Waals surface area contributed by atoms with Gasteiger partial charge in [0.1, 0.15) is 5.75 Å². The fraction of sp³-hybridized carbons (Fsp3) is 0.158. The highest BCUT2D eigenvalue weighted by atomic mass is 16.6. The molecule has 1 aliphatic rings. The molecule has 0 saturated carbocycles. The summed E-state index contributed by atoms with van der Waals surface area (Å²) in [4.78, 5) is 10.9. The maximum absolute atomic E-state index is 11.3. The monoisotopic (exact) mass is 307 g/mol. The van der Waals surface area contributed by atoms with Gasteiger partial charge in [-0.15, -0.1) is 0 Å². The second kappa shape index (κ2) is 6.08. The van der Waals surface area contributed by atoms with Crippen molar-refractivity contribution < 1.29 is 10.0 Å². The molecule has 0 atom stereocenters. The third-order valence-electron chi connectivity index (χ3n) is 4.11. The number of nitro benzene ring substituents is 1. The molecule has 0 saturated heterocycles. The molecular weight excluding hydrogens is 290 g/mol. The van der Waals surface area contributed by atoms with Gasteiger partial charge in [-0.3, -0.25) is 10.1 Å². The molecule has 0 unspecified atom stereocenters. The Morgan fingerprint density at radius 3 is 2.30 bits per heavy atom. The molecule has 0 radical (unpaired) electrons. The van der Waals surface area contributed by atoms with Crippen molar-refractivity contribution in [3.8, 4) is 5.75 Å². The maximum atomic E-state index is 11.3. The van der Waals surface area contributed by atoms with E-state index in [1.54, 1.807) is 13.0 Å². The zero-order valence-electron chi connectivity index (χ0n) is 12.8. The Kier molecular flexibility index (Phi) is 3.98. The highest BCUT2D eigenvalue weighted by molar-refractivity contribution is 5.82. The molecule has 0 aliphatic heterocycles. The number of aromatic hydroxyl groups is 1. The van der Waals surface area contributed by atoms with Gasteiger partial charge in [0.15, 0.2) is 0 Å². The predicted octanol–water partition coefficient (Wildman–Crippen LogP) is 4.87. The molecule has 0 amide bonds. The van der Waals surface area contributed by atoms with Gasteiger partial charge in [0, 0.05) is 0 Å². The van der Waals surface area contributed by atoms with Crippen LogP contribution in [0.4, 0.5) is 5.69 Å². The number of hydrogen-bond donors (Lipinski definition) is 1. The van der Waals surface area contributed by atoms with E-state index in [9.17, 15) is 15.2 Å². The van der Waals surface area contributed by atoms with Crippen LogP contribution < -0.4 is 0 Å². The van der Waals surface area contributed by atoms with Crippen molar-refractivity contribution in [2.45, 2.75) is 19.8 Å². The number of nitro groups is 1. The molecule has 0 heterocycles. The van der Waals surface area contributed by atoms with E-state index >= 15 is 0 Å². The Bertz CT molecular complexity index is 820. The zero-order valence-corrected chi connectivity index (χ0v) is 12.8. The van der Waals surface area contributed by atoms with E-state index in [1.165, 1.54) is 17.2 Å². The first-order chi connectivity index (χ1) is 11.1. The quantitative estimate of drug-likeness (QED) is 0.650. The first kappa shape index (κ1) is 15.0. The molecule has 1 aliphatic carbocycles. The SMILES string of the molecule is Cc1cc(O)cc([N+](=O)[O-])c1C1=CC=C(c2ccccc2)CC1. The van der Waals surface area contributed by atoms with Crippen LogP contribution in [0.1, 0.15) is 29.5 Å². The molecule has 3 rings (SSSR count). The lowest BCUT2D eigenvalue weighted by Gasteiger charge is -2.17. The molecule has 4 heteroatoms. The van der Waals surface area contributed by atoms with E-state index in [0.29, 0.717) is 5.56 Å². The van der Waals surface area contributed by atoms with Gasteiger partial charge in [-0.1, -0.05) is 42.5 Å². The summed E-state index contributed by atoms with van der Waals surface area (Å²) >= 11 is 0. The van der Waals surface area contributed by atoms with E-state index in [1.807, 2.05) is 30.4 Å². The van der Waals surface area contributed by atoms with Gasteiger partial charge in [0.2, 0.25) is 0 Å². The van der Waals surface area contributed by atoms with Gasteiger partial charge in [0.25, 0.3) is 5.69 Å². The van der Waals surface area contributed by atoms with E-state index < -0.39 is 4.92 Å². The number of hydrogen-bond acceptors (Lipinski definition) is 3. The summed E-state index contributed by atoms with van der Waals surface area (Å²) in [5.74, 6) is -0.0742. The molecule has 4 nitrogen and oxygen atoms in total. The maximum Gasteiger partial charge on any atom is 0.280 e. The van der Waals surface area contributed by atoms with Crippen molar-refractivity contribution in [3.63, 3.8) is 0 Å². The Morgan fingerprint density at radius 2 is 1.70 bits per heavy atom. The summed E-state index contributed by atoms with van der Waals surface area (Å²) < 4.78 is 0. The van der Waals surface area contributed by atoms with E-state index in [4.69, 9.17) is 0 Å². The van der Waals surface area contributed by atoms with Crippen molar-refractivity contribution >= 4 is 16.8 Å². The first-order valence-corrected chi connectivity index (χ1v) is 7.50. The van der Waals surface area contributed by atoms with Gasteiger partial charge in [-0.05, 0) is 48.1 Å². The first-order valence-electron chi connectivity index (χ1n) is 7.50. The smallest absolute Gasteiger partial charge is 0.280 e. The Morgan fingerprint density at radius 1 is 1.04 bits per heavy atom. The summed E-state index contributed by atoms with van der Waals surface area (Å²) in [5.41, 5.74) is 4.66. The van der Waals surface area contributed by atoms with Crippen LogP contribution in [0.25, 0.3) is 11.1 Å². The van der Waals surface area contributed by atoms with Gasteiger partial charge in [0.05, 0.1) is 16.6 Å². The molecule has 116 valence electrons. The average Bonchev–Trinajstić information content (AvgIpc) is 2.55. The molecule has 0 fully saturated rings. The van der Waals surface area contributed by atoms with Crippen molar-refractivity contribution in [1.29, 1.82) is 0 Å². The molecule has 1 N–H and O–H groups in total. The molecular formula is C19H17NO3. The molecule has 23 heavy (non-hydrogen) atoms. The van der Waals surface area contributed by atoms with Crippen LogP contribution in [0, 0.1) is 17.0 Å². The van der Waals surface area contributed by atoms with Crippen LogP contribution in [0.15, 0.2) is 54.6 Å². The van der Waals surface area contributed by atoms with E-state index in [-0.39, 0.29) is 11.4 Å². The fourth-order valence-corrected chi connectivity index (χ4v) is 3.05. The number of nitrogens with zero attached hydrogens (tertiary/aromatic N) is 1. The average molecular weight is 307 g/mol. The van der Waals surface area contributed by atoms with Crippen LogP contribution >= 0.6 is 0 Å². The molecule has 0 aromatic heterocycles. The Balaban J connectivity index is 2.03. The lowest BCUT2D eigenvalue weighted by Crippen LogP contribution is -2.00. The zero-order chi connectivity index (χ0) is 16.4. The largest absolute Gasteiger partial charge is 0.508 e. The van der Waals surface area contributed by atoms with Crippen molar-refractivity contribution in [2.24, 2.45) is 0 Å². The second-order valence-corrected chi connectivity index (χ2v) is 5.66. The minimum atomic E-state index is -0.431. The molecule has 0 spiro atoms. The summed E-state index contributed by atoms with van der Waals surface area (Å²) in [5, 5.41) is 20.9. The van der Waals surface area contributed by atoms with Crippen LogP contribution in [0.2, 0.25) is 0 Å². The normalized spacial score (nSPS) is 14.1. The van der Waals surface area contributed by atoms with Crippen molar-refractivity contribution in [2.75, 3.05) is 0 Å². The van der Waals surface area contributed by atoms with Crippen LogP contribution in [-0.4, -0.2) is 10.0 Å². The predicted molar refractivity (Wildman–Crippen MR) is 91.1 cm³/mol. The minimum Gasteiger partial charge on any atom is -0.508 e. The van der Waals surface area contributed by atoms with Crippen LogP contribution in [0.5, 0.6) is 5.75 Å². The summed E-state index contributed by atoms with van der Waals surface area (Å²) in [6.07, 6.45) is 5.57. The Labute approximate surface area is 134 Å². The van der Waals surface area contributed by atoms with Gasteiger partial charge in [-0.2, -0.15) is 0 Å². The van der Waals surface area contributed by atoms with Crippen molar-refractivity contribution in [1.82, 2.24) is 0 Å². The second-order valence-electron chi connectivity index (χ2n) is 5.66. The number of phenolic OH excluding ortho intramolecular Hbond substituents is 1. The number of aryl methyl sites for hydroxylation is 1. The van der Waals surface area contributed by atoms with E-state index in [0.717, 1.165) is 24.0 Å². The molecule has 2 aromatic carbocycles. The third kappa shape index (κ3) is 3.01. The van der Waals surface area contributed by atoms with Crippen LogP contribution in [-0.2, 0) is 0 Å². The molecule has 0 bridgehead atoms. The van der Waals surface area contributed by atoms with Crippen molar-refractivity contribution in [3.05, 3.63) is 81.4 Å². The number of phenols is 1. The van der Waals surface area contributed by atoms with Gasteiger partial charge in [-0.25, -0.2) is 0 Å². The third-order valence-corrected chi connectivity index (χ3v) is 4.11. The van der Waals surface area contributed by atoms with Gasteiger partial charge >= 0.3 is 0 Å². The van der Waals surface area contributed by atoms with E-state index in [2.05, 4.69) is 12.1 Å². The number of allylic oxidation sites excluding steroid dienone is 4. The Hall–Kier alpha value is -2.88. The lowest BCUT2D eigenvalue weighted by atomic mass is 9.87. The number of rotatable bonds is 3. The minimum absolute atomic E-state index is 0.0367. The standard InChI is InChI=1S/C19H17NO3/c1-13-11-17(21)12-18(20(22)23)19(13)16-9-7-15(8-10-16)14-5-3-2-4-6-14/h2-7,9,11-12,21H,8,10H2,1H3.